The van der Waals surface area contributed by atoms with Crippen LogP contribution in [0.2, 0.25) is 0 Å². The molecule has 1 fully saturated rings. The number of aryl methyl sites for hydroxylation is 1. The minimum atomic E-state index is -1.06. The van der Waals surface area contributed by atoms with Crippen LogP contribution in [0.15, 0.2) is 24.3 Å². The molecule has 4 nitrogen and oxygen atoms in total. The number of hydrogen-bond donors (Lipinski definition) is 1. The van der Waals surface area contributed by atoms with E-state index in [1.165, 1.54) is 0 Å². The van der Waals surface area contributed by atoms with Gasteiger partial charge in [-0.3, -0.25) is 4.79 Å². The van der Waals surface area contributed by atoms with Crippen molar-refractivity contribution in [2.75, 3.05) is 26.3 Å². The molecule has 1 saturated heterocycles. The summed E-state index contributed by atoms with van der Waals surface area (Å²) in [5, 5.41) is 10.0. The van der Waals surface area contributed by atoms with Crippen LogP contribution in [-0.4, -0.2) is 42.2 Å². The van der Waals surface area contributed by atoms with E-state index in [1.54, 1.807) is 17.0 Å². The number of ether oxygens (including phenoxy) is 1. The van der Waals surface area contributed by atoms with Crippen LogP contribution in [0.4, 0.5) is 0 Å². The van der Waals surface area contributed by atoms with Gasteiger partial charge < -0.3 is 14.7 Å². The minimum Gasteiger partial charge on any atom is -0.378 e. The lowest BCUT2D eigenvalue weighted by molar-refractivity contribution is -0.144. The monoisotopic (exact) mass is 235 g/mol. The lowest BCUT2D eigenvalue weighted by Gasteiger charge is -2.28. The molecule has 1 aliphatic rings. The van der Waals surface area contributed by atoms with Gasteiger partial charge in [-0.2, -0.15) is 0 Å². The van der Waals surface area contributed by atoms with Crippen LogP contribution < -0.4 is 0 Å². The predicted octanol–water partition coefficient (Wildman–Crippen LogP) is 0.887. The first-order valence-electron chi connectivity index (χ1n) is 5.79. The first-order valence-corrected chi connectivity index (χ1v) is 5.79. The summed E-state index contributed by atoms with van der Waals surface area (Å²) < 4.78 is 5.18. The van der Waals surface area contributed by atoms with Gasteiger partial charge in [0, 0.05) is 13.1 Å². The highest BCUT2D eigenvalue weighted by Crippen LogP contribution is 2.17. The fourth-order valence-electron chi connectivity index (χ4n) is 1.85. The Morgan fingerprint density at radius 3 is 2.47 bits per heavy atom. The van der Waals surface area contributed by atoms with Crippen molar-refractivity contribution in [3.05, 3.63) is 35.4 Å². The van der Waals surface area contributed by atoms with Gasteiger partial charge in [-0.05, 0) is 12.5 Å². The molecule has 0 bridgehead atoms. The summed E-state index contributed by atoms with van der Waals surface area (Å²) in [4.78, 5) is 13.7. The summed E-state index contributed by atoms with van der Waals surface area (Å²) in [7, 11) is 0. The number of nitrogens with zero attached hydrogens (tertiary/aromatic N) is 1. The van der Waals surface area contributed by atoms with Crippen LogP contribution in [0, 0.1) is 6.92 Å². The fourth-order valence-corrected chi connectivity index (χ4v) is 1.85. The summed E-state index contributed by atoms with van der Waals surface area (Å²) in [6.45, 7) is 4.18. The normalized spacial score (nSPS) is 17.9. The second kappa shape index (κ2) is 5.29. The van der Waals surface area contributed by atoms with Crippen molar-refractivity contribution in [1.82, 2.24) is 4.90 Å². The summed E-state index contributed by atoms with van der Waals surface area (Å²) in [6.07, 6.45) is -1.06. The second-order valence-corrected chi connectivity index (χ2v) is 4.25. The van der Waals surface area contributed by atoms with Gasteiger partial charge in [0.15, 0.2) is 6.10 Å². The van der Waals surface area contributed by atoms with Crippen molar-refractivity contribution in [1.29, 1.82) is 0 Å². The number of amides is 1. The zero-order valence-electron chi connectivity index (χ0n) is 9.93. The van der Waals surface area contributed by atoms with Crippen LogP contribution in [0.25, 0.3) is 0 Å². The molecular weight excluding hydrogens is 218 g/mol. The van der Waals surface area contributed by atoms with Gasteiger partial charge in [0.2, 0.25) is 0 Å². The zero-order valence-corrected chi connectivity index (χ0v) is 9.93. The molecule has 0 radical (unpaired) electrons. The highest BCUT2D eigenvalue weighted by Gasteiger charge is 2.24. The number of aliphatic hydroxyl groups excluding tert-OH is 1. The summed E-state index contributed by atoms with van der Waals surface area (Å²) in [5.74, 6) is -0.239. The molecule has 92 valence electrons. The molecule has 2 rings (SSSR count). The van der Waals surface area contributed by atoms with Gasteiger partial charge >= 0.3 is 0 Å². The van der Waals surface area contributed by atoms with Gasteiger partial charge in [0.1, 0.15) is 0 Å². The van der Waals surface area contributed by atoms with Gasteiger partial charge in [-0.15, -0.1) is 0 Å². The topological polar surface area (TPSA) is 49.8 Å². The number of carbonyl (C=O) groups excluding carboxylic acids is 1. The minimum absolute atomic E-state index is 0.239. The van der Waals surface area contributed by atoms with E-state index in [9.17, 15) is 9.90 Å². The van der Waals surface area contributed by atoms with Crippen molar-refractivity contribution < 1.29 is 14.6 Å². The van der Waals surface area contributed by atoms with Crippen molar-refractivity contribution in [3.63, 3.8) is 0 Å². The van der Waals surface area contributed by atoms with E-state index in [-0.39, 0.29) is 5.91 Å². The Morgan fingerprint density at radius 2 is 1.88 bits per heavy atom. The summed E-state index contributed by atoms with van der Waals surface area (Å²) in [6, 6.07) is 7.37. The molecule has 0 spiro atoms. The lowest BCUT2D eigenvalue weighted by Crippen LogP contribution is -2.43. The van der Waals surface area contributed by atoms with Crippen LogP contribution >= 0.6 is 0 Å². The molecule has 1 N–H and O–H groups in total. The fraction of sp³-hybridized carbons (Fsp3) is 0.462. The number of aliphatic hydroxyl groups is 1. The molecule has 0 saturated carbocycles. The molecule has 1 heterocycles. The smallest absolute Gasteiger partial charge is 0.256 e. The zero-order chi connectivity index (χ0) is 12.3. The Morgan fingerprint density at radius 1 is 1.29 bits per heavy atom. The number of rotatable bonds is 2. The Kier molecular flexibility index (Phi) is 3.76. The van der Waals surface area contributed by atoms with Crippen LogP contribution in [0.3, 0.4) is 0 Å². The molecule has 1 aromatic carbocycles. The predicted molar refractivity (Wildman–Crippen MR) is 63.5 cm³/mol. The van der Waals surface area contributed by atoms with Gasteiger partial charge in [0.05, 0.1) is 13.2 Å². The number of morpholine rings is 1. The van der Waals surface area contributed by atoms with Gasteiger partial charge in [-0.25, -0.2) is 0 Å². The maximum Gasteiger partial charge on any atom is 0.256 e. The van der Waals surface area contributed by atoms with Gasteiger partial charge in [-0.1, -0.05) is 29.8 Å². The second-order valence-electron chi connectivity index (χ2n) is 4.25. The van der Waals surface area contributed by atoms with E-state index in [0.717, 1.165) is 5.56 Å². The number of hydrogen-bond acceptors (Lipinski definition) is 3. The molecule has 1 unspecified atom stereocenters. The van der Waals surface area contributed by atoms with Crippen molar-refractivity contribution >= 4 is 5.91 Å². The third-order valence-corrected chi connectivity index (χ3v) is 2.95. The van der Waals surface area contributed by atoms with E-state index in [0.29, 0.717) is 31.9 Å². The first kappa shape index (κ1) is 12.1. The third-order valence-electron chi connectivity index (χ3n) is 2.95. The highest BCUT2D eigenvalue weighted by molar-refractivity contribution is 5.82. The molecule has 0 aliphatic carbocycles. The Balaban J connectivity index is 2.05. The maximum absolute atomic E-state index is 12.0. The van der Waals surface area contributed by atoms with Crippen molar-refractivity contribution in [2.24, 2.45) is 0 Å². The highest BCUT2D eigenvalue weighted by atomic mass is 16.5. The van der Waals surface area contributed by atoms with E-state index in [1.807, 2.05) is 19.1 Å². The van der Waals surface area contributed by atoms with E-state index >= 15 is 0 Å². The SMILES string of the molecule is Cc1ccc(C(O)C(=O)N2CCOCC2)cc1. The largest absolute Gasteiger partial charge is 0.378 e. The van der Waals surface area contributed by atoms with Gasteiger partial charge in [0.25, 0.3) is 5.91 Å². The van der Waals surface area contributed by atoms with E-state index < -0.39 is 6.10 Å². The van der Waals surface area contributed by atoms with Crippen molar-refractivity contribution in [2.45, 2.75) is 13.0 Å². The molecule has 1 aromatic rings. The first-order chi connectivity index (χ1) is 8.18. The molecule has 0 aromatic heterocycles. The molecule has 4 heteroatoms. The molecule has 17 heavy (non-hydrogen) atoms. The molecule has 1 aliphatic heterocycles. The Hall–Kier alpha value is -1.39. The molecular formula is C13H17NO3. The lowest BCUT2D eigenvalue weighted by atomic mass is 10.1. The Labute approximate surface area is 101 Å². The van der Waals surface area contributed by atoms with Crippen LogP contribution in [0.5, 0.6) is 0 Å². The summed E-state index contributed by atoms with van der Waals surface area (Å²) >= 11 is 0. The van der Waals surface area contributed by atoms with E-state index in [2.05, 4.69) is 0 Å². The van der Waals surface area contributed by atoms with E-state index in [4.69, 9.17) is 4.74 Å². The Bertz CT molecular complexity index is 382. The number of benzene rings is 1. The molecule has 1 atom stereocenters. The average Bonchev–Trinajstić information content (AvgIpc) is 2.39. The average molecular weight is 235 g/mol. The molecule has 1 amide bonds. The summed E-state index contributed by atoms with van der Waals surface area (Å²) in [5.41, 5.74) is 1.76. The van der Waals surface area contributed by atoms with Crippen LogP contribution in [-0.2, 0) is 9.53 Å². The standard InChI is InChI=1S/C13H17NO3/c1-10-2-4-11(5-3-10)12(15)13(16)14-6-8-17-9-7-14/h2-5,12,15H,6-9H2,1H3. The number of carbonyl (C=O) groups is 1. The van der Waals surface area contributed by atoms with Crippen molar-refractivity contribution in [3.8, 4) is 0 Å². The quantitative estimate of drug-likeness (QED) is 0.828. The maximum atomic E-state index is 12.0. The van der Waals surface area contributed by atoms with Crippen LogP contribution in [0.1, 0.15) is 17.2 Å². The third kappa shape index (κ3) is 2.84.